The van der Waals surface area contributed by atoms with Gasteiger partial charge in [0, 0.05) is 12.8 Å². The van der Waals surface area contributed by atoms with Gasteiger partial charge in [-0.05, 0) is 77.0 Å². The second-order valence-corrected chi connectivity index (χ2v) is 23.9. The molecule has 0 aliphatic heterocycles. The number of ether oxygens (including phenoxy) is 1. The Kier molecular flexibility index (Phi) is 64.4. The largest absolute Gasteiger partial charge is 0.466 e. The van der Waals surface area contributed by atoms with Crippen molar-refractivity contribution in [3.8, 4) is 0 Å². The van der Waals surface area contributed by atoms with Gasteiger partial charge in [-0.2, -0.15) is 0 Å². The fourth-order valence-electron chi connectivity index (χ4n) is 10.9. The number of amides is 1. The molecule has 0 aromatic rings. The second-order valence-electron chi connectivity index (χ2n) is 23.9. The Morgan fingerprint density at radius 1 is 0.355 bits per heavy atom. The van der Waals surface area contributed by atoms with Gasteiger partial charge in [-0.25, -0.2) is 0 Å². The van der Waals surface area contributed by atoms with Gasteiger partial charge in [-0.3, -0.25) is 9.59 Å². The van der Waals surface area contributed by atoms with Crippen LogP contribution in [0.2, 0.25) is 0 Å². The number of aliphatic hydroxyl groups is 2. The number of aliphatic hydroxyl groups excluding tert-OH is 2. The zero-order valence-electron chi connectivity index (χ0n) is 51.5. The lowest BCUT2D eigenvalue weighted by molar-refractivity contribution is -0.143. The Bertz CT molecular complexity index is 1190. The molecule has 1 amide bonds. The maximum absolute atomic E-state index is 12.5. The summed E-state index contributed by atoms with van der Waals surface area (Å²) in [7, 11) is 0. The summed E-state index contributed by atoms with van der Waals surface area (Å²) in [5.74, 6) is -0.0329. The molecule has 0 bridgehead atoms. The predicted octanol–water partition coefficient (Wildman–Crippen LogP) is 22.1. The molecule has 0 saturated heterocycles. The standard InChI is InChI=1S/C70H135NO5/c1-3-5-7-9-11-13-15-17-19-21-22-24-27-31-34-38-42-46-50-54-58-62-68(73)67(66-72)71-69(74)63-59-55-51-47-43-39-35-32-28-25-23-26-29-33-37-41-45-49-53-57-61-65-76-70(75)64-60-56-52-48-44-40-36-30-20-18-16-14-12-10-8-6-4-2/h18,20,25,28,67-68,72-73H,3-17,19,21-24,26-27,29-66H2,1-2H3,(H,71,74)/b20-18-,28-25-. The first-order valence-corrected chi connectivity index (χ1v) is 34.6. The van der Waals surface area contributed by atoms with Crippen molar-refractivity contribution in [2.24, 2.45) is 0 Å². The zero-order valence-corrected chi connectivity index (χ0v) is 51.5. The molecule has 0 heterocycles. The van der Waals surface area contributed by atoms with Crippen LogP contribution in [0.4, 0.5) is 0 Å². The number of carbonyl (C=O) groups is 2. The van der Waals surface area contributed by atoms with Crippen molar-refractivity contribution >= 4 is 11.9 Å². The SMILES string of the molecule is CCCCCCCC/C=C\CCCCCCCCCC(=O)OCCCCCCCCCCCC/C=C\CCCCCCCCCC(=O)NC(CO)C(O)CCCCCCCCCCCCCCCCCCCCCCC. The number of esters is 1. The van der Waals surface area contributed by atoms with Crippen molar-refractivity contribution in [2.45, 2.75) is 398 Å². The van der Waals surface area contributed by atoms with Crippen molar-refractivity contribution in [3.63, 3.8) is 0 Å². The lowest BCUT2D eigenvalue weighted by Crippen LogP contribution is -2.45. The van der Waals surface area contributed by atoms with Crippen LogP contribution in [-0.2, 0) is 14.3 Å². The van der Waals surface area contributed by atoms with Gasteiger partial charge in [-0.15, -0.1) is 0 Å². The van der Waals surface area contributed by atoms with Crippen molar-refractivity contribution in [3.05, 3.63) is 24.3 Å². The number of unbranched alkanes of at least 4 members (excludes halogenated alkanes) is 50. The summed E-state index contributed by atoms with van der Waals surface area (Å²) < 4.78 is 5.49. The smallest absolute Gasteiger partial charge is 0.305 e. The lowest BCUT2D eigenvalue weighted by Gasteiger charge is -2.22. The minimum absolute atomic E-state index is 0.00584. The first-order chi connectivity index (χ1) is 37.5. The maximum atomic E-state index is 12.5. The Hall–Kier alpha value is -1.66. The van der Waals surface area contributed by atoms with Crippen LogP contribution in [0.5, 0.6) is 0 Å². The van der Waals surface area contributed by atoms with Crippen molar-refractivity contribution in [1.82, 2.24) is 5.32 Å². The molecule has 3 N–H and O–H groups in total. The number of allylic oxidation sites excluding steroid dienone is 4. The molecule has 0 rings (SSSR count). The number of rotatable bonds is 65. The highest BCUT2D eigenvalue weighted by Gasteiger charge is 2.20. The van der Waals surface area contributed by atoms with Gasteiger partial charge in [0.25, 0.3) is 0 Å². The number of hydrogen-bond acceptors (Lipinski definition) is 5. The summed E-state index contributed by atoms with van der Waals surface area (Å²) >= 11 is 0. The van der Waals surface area contributed by atoms with Crippen LogP contribution < -0.4 is 5.32 Å². The third kappa shape index (κ3) is 61.6. The summed E-state index contributed by atoms with van der Waals surface area (Å²) in [4.78, 5) is 24.6. The third-order valence-electron chi connectivity index (χ3n) is 16.2. The molecule has 0 aromatic carbocycles. The molecule has 450 valence electrons. The van der Waals surface area contributed by atoms with E-state index in [1.807, 2.05) is 0 Å². The van der Waals surface area contributed by atoms with E-state index >= 15 is 0 Å². The molecule has 76 heavy (non-hydrogen) atoms. The third-order valence-corrected chi connectivity index (χ3v) is 16.2. The number of hydrogen-bond donors (Lipinski definition) is 3. The van der Waals surface area contributed by atoms with Crippen LogP contribution in [0.3, 0.4) is 0 Å². The molecule has 0 aliphatic carbocycles. The van der Waals surface area contributed by atoms with Gasteiger partial charge < -0.3 is 20.3 Å². The fraction of sp³-hybridized carbons (Fsp3) is 0.914. The van der Waals surface area contributed by atoms with E-state index in [4.69, 9.17) is 4.74 Å². The van der Waals surface area contributed by atoms with E-state index in [1.165, 1.54) is 308 Å². The van der Waals surface area contributed by atoms with Gasteiger partial charge >= 0.3 is 5.97 Å². The summed E-state index contributed by atoms with van der Waals surface area (Å²) in [5, 5.41) is 23.4. The van der Waals surface area contributed by atoms with Gasteiger partial charge in [-0.1, -0.05) is 321 Å². The van der Waals surface area contributed by atoms with Crippen LogP contribution in [-0.4, -0.2) is 47.4 Å². The van der Waals surface area contributed by atoms with E-state index in [1.54, 1.807) is 0 Å². The highest BCUT2D eigenvalue weighted by molar-refractivity contribution is 5.76. The molecule has 2 unspecified atom stereocenters. The Morgan fingerprint density at radius 3 is 0.934 bits per heavy atom. The van der Waals surface area contributed by atoms with E-state index in [2.05, 4.69) is 43.5 Å². The van der Waals surface area contributed by atoms with E-state index in [0.29, 0.717) is 25.9 Å². The van der Waals surface area contributed by atoms with Crippen molar-refractivity contribution in [2.75, 3.05) is 13.2 Å². The molecule has 2 atom stereocenters. The first kappa shape index (κ1) is 74.3. The average Bonchev–Trinajstić information content (AvgIpc) is 3.42. The molecule has 0 aromatic heterocycles. The van der Waals surface area contributed by atoms with Gasteiger partial charge in [0.2, 0.25) is 5.91 Å². The van der Waals surface area contributed by atoms with E-state index in [9.17, 15) is 19.8 Å². The van der Waals surface area contributed by atoms with Crippen LogP contribution in [0.25, 0.3) is 0 Å². The summed E-state index contributed by atoms with van der Waals surface area (Å²) in [6.45, 7) is 4.98. The van der Waals surface area contributed by atoms with Crippen LogP contribution in [0, 0.1) is 0 Å². The lowest BCUT2D eigenvalue weighted by atomic mass is 10.0. The van der Waals surface area contributed by atoms with E-state index in [-0.39, 0.29) is 18.5 Å². The Labute approximate surface area is 475 Å². The molecule has 0 radical (unpaired) electrons. The topological polar surface area (TPSA) is 95.9 Å². The normalized spacial score (nSPS) is 12.6. The molecular weight excluding hydrogens is 935 g/mol. The fourth-order valence-corrected chi connectivity index (χ4v) is 10.9. The average molecular weight is 1070 g/mol. The van der Waals surface area contributed by atoms with Crippen LogP contribution in [0.15, 0.2) is 24.3 Å². The summed E-state index contributed by atoms with van der Waals surface area (Å²) in [5.41, 5.74) is 0. The second kappa shape index (κ2) is 65.9. The summed E-state index contributed by atoms with van der Waals surface area (Å²) in [6.07, 6.45) is 82.1. The molecule has 0 fully saturated rings. The Morgan fingerprint density at radius 2 is 0.618 bits per heavy atom. The molecule has 0 aliphatic rings. The van der Waals surface area contributed by atoms with Crippen molar-refractivity contribution < 1.29 is 24.5 Å². The summed E-state index contributed by atoms with van der Waals surface area (Å²) in [6, 6.07) is -0.548. The van der Waals surface area contributed by atoms with Crippen LogP contribution in [0.1, 0.15) is 386 Å². The van der Waals surface area contributed by atoms with Gasteiger partial charge in [0.15, 0.2) is 0 Å². The predicted molar refractivity (Wildman–Crippen MR) is 333 cm³/mol. The van der Waals surface area contributed by atoms with Crippen molar-refractivity contribution in [1.29, 1.82) is 0 Å². The first-order valence-electron chi connectivity index (χ1n) is 34.6. The molecule has 0 spiro atoms. The van der Waals surface area contributed by atoms with Gasteiger partial charge in [0.05, 0.1) is 25.4 Å². The quantitative estimate of drug-likeness (QED) is 0.0320. The number of nitrogens with one attached hydrogen (secondary N) is 1. The highest BCUT2D eigenvalue weighted by atomic mass is 16.5. The number of carbonyl (C=O) groups excluding carboxylic acids is 2. The molecule has 6 nitrogen and oxygen atoms in total. The Balaban J connectivity index is 3.41. The monoisotopic (exact) mass is 1070 g/mol. The van der Waals surface area contributed by atoms with E-state index < -0.39 is 12.1 Å². The minimum Gasteiger partial charge on any atom is -0.466 e. The molecule has 0 saturated carbocycles. The van der Waals surface area contributed by atoms with Crippen LogP contribution >= 0.6 is 0 Å². The van der Waals surface area contributed by atoms with Gasteiger partial charge in [0.1, 0.15) is 0 Å². The maximum Gasteiger partial charge on any atom is 0.305 e. The van der Waals surface area contributed by atoms with E-state index in [0.717, 1.165) is 44.9 Å². The highest BCUT2D eigenvalue weighted by Crippen LogP contribution is 2.18. The molecular formula is C70H135NO5. The molecule has 6 heteroatoms. The zero-order chi connectivity index (χ0) is 55.0. The minimum atomic E-state index is -0.670.